The number of aryl methyl sites for hydroxylation is 1. The van der Waals surface area contributed by atoms with Crippen molar-refractivity contribution in [2.75, 3.05) is 5.32 Å². The summed E-state index contributed by atoms with van der Waals surface area (Å²) in [6.07, 6.45) is -3.21. The largest absolute Gasteiger partial charge is 0.419 e. The summed E-state index contributed by atoms with van der Waals surface area (Å²) in [5.74, 6) is -2.07. The van der Waals surface area contributed by atoms with Gasteiger partial charge in [0.25, 0.3) is 5.91 Å². The smallest absolute Gasteiger partial charge is 0.324 e. The fourth-order valence-corrected chi connectivity index (χ4v) is 4.03. The van der Waals surface area contributed by atoms with Crippen LogP contribution in [0.15, 0.2) is 72.9 Å². The molecular weight excluding hydrogens is 488 g/mol. The van der Waals surface area contributed by atoms with E-state index in [1.165, 1.54) is 0 Å². The molecule has 0 aliphatic rings. The Kier molecular flexibility index (Phi) is 6.16. The summed E-state index contributed by atoms with van der Waals surface area (Å²) in [6, 6.07) is 16.7. The third-order valence-corrected chi connectivity index (χ3v) is 5.89. The van der Waals surface area contributed by atoms with Crippen LogP contribution < -0.4 is 5.32 Å². The Hall–Kier alpha value is -4.60. The van der Waals surface area contributed by atoms with Crippen LogP contribution in [-0.2, 0) is 12.6 Å². The van der Waals surface area contributed by atoms with E-state index in [4.69, 9.17) is 0 Å². The Balaban J connectivity index is 1.32. The Morgan fingerprint density at radius 3 is 2.49 bits per heavy atom. The van der Waals surface area contributed by atoms with Gasteiger partial charge in [-0.05, 0) is 47.7 Å². The molecule has 0 bridgehead atoms. The second-order valence-corrected chi connectivity index (χ2v) is 8.39. The molecule has 6 nitrogen and oxygen atoms in total. The lowest BCUT2D eigenvalue weighted by Crippen LogP contribution is -2.14. The number of rotatable bonds is 6. The molecule has 186 valence electrons. The Labute approximate surface area is 207 Å². The number of pyridine rings is 1. The second-order valence-electron chi connectivity index (χ2n) is 8.39. The van der Waals surface area contributed by atoms with Gasteiger partial charge in [-0.25, -0.2) is 9.37 Å². The van der Waals surface area contributed by atoms with Gasteiger partial charge in [0, 0.05) is 23.6 Å². The highest BCUT2D eigenvalue weighted by Gasteiger charge is 2.33. The predicted octanol–water partition coefficient (Wildman–Crippen LogP) is 6.34. The molecule has 5 rings (SSSR count). The molecule has 5 aromatic rings. The third kappa shape index (κ3) is 5.04. The second kappa shape index (κ2) is 9.45. The number of hydrogen-bond donors (Lipinski definition) is 2. The van der Waals surface area contributed by atoms with Crippen LogP contribution in [0.25, 0.3) is 21.8 Å². The predicted molar refractivity (Wildman–Crippen MR) is 130 cm³/mol. The molecule has 0 saturated heterocycles. The molecule has 3 aromatic carbocycles. The normalized spacial score (nSPS) is 11.7. The van der Waals surface area contributed by atoms with Gasteiger partial charge in [-0.1, -0.05) is 36.4 Å². The maximum Gasteiger partial charge on any atom is 0.419 e. The minimum atomic E-state index is -4.79. The van der Waals surface area contributed by atoms with E-state index in [0.717, 1.165) is 22.9 Å². The van der Waals surface area contributed by atoms with Crippen molar-refractivity contribution in [1.82, 2.24) is 15.0 Å². The molecular formula is C27H18F4N4O2. The number of fused-ring (bicyclic) bond motifs is 2. The van der Waals surface area contributed by atoms with Gasteiger partial charge in [0.15, 0.2) is 5.78 Å². The van der Waals surface area contributed by atoms with Gasteiger partial charge in [-0.15, -0.1) is 0 Å². The molecule has 0 radical (unpaired) electrons. The number of alkyl halides is 3. The number of hydrogen-bond acceptors (Lipinski definition) is 4. The summed E-state index contributed by atoms with van der Waals surface area (Å²) in [5.41, 5.74) is 0.215. The van der Waals surface area contributed by atoms with Crippen LogP contribution in [0, 0.1) is 5.82 Å². The topological polar surface area (TPSA) is 87.7 Å². The maximum atomic E-state index is 13.9. The van der Waals surface area contributed by atoms with Crippen molar-refractivity contribution in [3.05, 3.63) is 101 Å². The minimum Gasteiger partial charge on any atom is -0.324 e. The number of aromatic amines is 1. The molecule has 0 saturated carbocycles. The number of anilines is 1. The number of benzene rings is 3. The number of nitrogens with one attached hydrogen (secondary N) is 2. The molecule has 0 atom stereocenters. The van der Waals surface area contributed by atoms with E-state index < -0.39 is 23.5 Å². The Morgan fingerprint density at radius 1 is 0.946 bits per heavy atom. The summed E-state index contributed by atoms with van der Waals surface area (Å²) in [7, 11) is 0. The number of carbonyl (C=O) groups excluding carboxylic acids is 2. The van der Waals surface area contributed by atoms with Crippen LogP contribution >= 0.6 is 0 Å². The van der Waals surface area contributed by atoms with Gasteiger partial charge in [-0.2, -0.15) is 13.2 Å². The number of amides is 1. The number of ketones is 1. The number of halogens is 4. The summed E-state index contributed by atoms with van der Waals surface area (Å²) in [5, 5.41) is 4.40. The highest BCUT2D eigenvalue weighted by molar-refractivity contribution is 6.08. The van der Waals surface area contributed by atoms with Crippen LogP contribution in [0.5, 0.6) is 0 Å². The first kappa shape index (κ1) is 24.1. The fraction of sp³-hybridized carbons (Fsp3) is 0.111. The zero-order chi connectivity index (χ0) is 26.2. The zero-order valence-electron chi connectivity index (χ0n) is 19.1. The van der Waals surface area contributed by atoms with Crippen LogP contribution in [0.3, 0.4) is 0 Å². The quantitative estimate of drug-likeness (QED) is 0.208. The van der Waals surface area contributed by atoms with E-state index in [-0.39, 0.29) is 41.4 Å². The van der Waals surface area contributed by atoms with E-state index in [2.05, 4.69) is 20.3 Å². The van der Waals surface area contributed by atoms with E-state index in [1.54, 1.807) is 30.5 Å². The van der Waals surface area contributed by atoms with Crippen molar-refractivity contribution < 1.29 is 27.2 Å². The molecule has 0 unspecified atom stereocenters. The number of imidazole rings is 1. The van der Waals surface area contributed by atoms with Gasteiger partial charge in [0.05, 0.1) is 11.1 Å². The monoisotopic (exact) mass is 506 g/mol. The lowest BCUT2D eigenvalue weighted by Gasteiger charge is -2.09. The summed E-state index contributed by atoms with van der Waals surface area (Å²) < 4.78 is 52.2. The SMILES string of the molecule is O=C(Nc1nc2c(C(=O)CCc3ccc(C(F)(F)F)c(F)c3)cccc2[nH]1)c1cc2ccccc2cn1. The number of H-pyrrole nitrogens is 1. The average Bonchev–Trinajstić information content (AvgIpc) is 3.28. The highest BCUT2D eigenvalue weighted by atomic mass is 19.4. The van der Waals surface area contributed by atoms with Gasteiger partial charge < -0.3 is 4.98 Å². The van der Waals surface area contributed by atoms with E-state index in [9.17, 15) is 27.2 Å². The summed E-state index contributed by atoms with van der Waals surface area (Å²) >= 11 is 0. The highest BCUT2D eigenvalue weighted by Crippen LogP contribution is 2.32. The minimum absolute atomic E-state index is 0.0475. The molecule has 10 heteroatoms. The van der Waals surface area contributed by atoms with Gasteiger partial charge in [0.2, 0.25) is 5.95 Å². The van der Waals surface area contributed by atoms with Crippen LogP contribution in [-0.4, -0.2) is 26.6 Å². The number of Topliss-reactive ketones (excluding diaryl/α,β-unsaturated/α-hetero) is 1. The summed E-state index contributed by atoms with van der Waals surface area (Å²) in [4.78, 5) is 37.1. The molecule has 0 spiro atoms. The first-order chi connectivity index (χ1) is 17.7. The Morgan fingerprint density at radius 2 is 1.73 bits per heavy atom. The molecule has 0 fully saturated rings. The van der Waals surface area contributed by atoms with Gasteiger partial charge >= 0.3 is 6.18 Å². The van der Waals surface area contributed by atoms with Crippen LogP contribution in [0.1, 0.15) is 38.4 Å². The third-order valence-electron chi connectivity index (χ3n) is 5.89. The van der Waals surface area contributed by atoms with Crippen LogP contribution in [0.2, 0.25) is 0 Å². The number of para-hydroxylation sites is 1. The fourth-order valence-electron chi connectivity index (χ4n) is 4.03. The first-order valence-corrected chi connectivity index (χ1v) is 11.2. The molecule has 37 heavy (non-hydrogen) atoms. The first-order valence-electron chi connectivity index (χ1n) is 11.2. The van der Waals surface area contributed by atoms with Gasteiger partial charge in [-0.3, -0.25) is 19.9 Å². The standard InChI is InChI=1S/C27H18F4N4O2/c28-20-12-15(8-10-19(20)27(29,30)31)9-11-23(36)18-6-3-7-21-24(18)34-26(33-21)35-25(37)22-13-16-4-1-2-5-17(16)14-32-22/h1-8,10,12-14H,9,11H2,(H2,33,34,35,37). The van der Waals surface area contributed by atoms with Crippen molar-refractivity contribution in [3.8, 4) is 0 Å². The summed E-state index contributed by atoms with van der Waals surface area (Å²) in [6.45, 7) is 0. The molecule has 1 amide bonds. The van der Waals surface area contributed by atoms with E-state index in [0.29, 0.717) is 17.1 Å². The molecule has 2 heterocycles. The molecule has 0 aliphatic carbocycles. The number of nitrogens with zero attached hydrogens (tertiary/aromatic N) is 2. The lowest BCUT2D eigenvalue weighted by molar-refractivity contribution is -0.140. The van der Waals surface area contributed by atoms with E-state index in [1.807, 2.05) is 24.3 Å². The molecule has 0 aliphatic heterocycles. The van der Waals surface area contributed by atoms with E-state index >= 15 is 0 Å². The van der Waals surface area contributed by atoms with Crippen molar-refractivity contribution in [2.24, 2.45) is 0 Å². The molecule has 2 aromatic heterocycles. The van der Waals surface area contributed by atoms with Gasteiger partial charge in [0.1, 0.15) is 17.0 Å². The van der Waals surface area contributed by atoms with Crippen LogP contribution in [0.4, 0.5) is 23.5 Å². The van der Waals surface area contributed by atoms with Crippen molar-refractivity contribution in [3.63, 3.8) is 0 Å². The zero-order valence-corrected chi connectivity index (χ0v) is 19.1. The molecule has 2 N–H and O–H groups in total. The lowest BCUT2D eigenvalue weighted by atomic mass is 10.0. The van der Waals surface area contributed by atoms with Crippen molar-refractivity contribution >= 4 is 39.4 Å². The number of aromatic nitrogens is 3. The van der Waals surface area contributed by atoms with Crippen molar-refractivity contribution in [2.45, 2.75) is 19.0 Å². The van der Waals surface area contributed by atoms with Crippen molar-refractivity contribution in [1.29, 1.82) is 0 Å². The number of carbonyl (C=O) groups is 2. The maximum absolute atomic E-state index is 13.9. The Bertz CT molecular complexity index is 1660. The average molecular weight is 506 g/mol.